The molecule has 118 valence electrons. The van der Waals surface area contributed by atoms with Gasteiger partial charge in [-0.25, -0.2) is 13.1 Å². The zero-order chi connectivity index (χ0) is 16.0. The molecule has 0 saturated heterocycles. The quantitative estimate of drug-likeness (QED) is 0.753. The highest BCUT2D eigenvalue weighted by atomic mass is 35.5. The number of carbonyl (C=O) groups is 1. The van der Waals surface area contributed by atoms with Crippen molar-refractivity contribution >= 4 is 33.2 Å². The minimum Gasteiger partial charge on any atom is -0.326 e. The van der Waals surface area contributed by atoms with E-state index in [1.165, 1.54) is 19.1 Å². The number of alkyl halides is 1. The van der Waals surface area contributed by atoms with Gasteiger partial charge in [0.15, 0.2) is 0 Å². The highest BCUT2D eigenvalue weighted by Gasteiger charge is 2.16. The van der Waals surface area contributed by atoms with Crippen molar-refractivity contribution in [2.24, 2.45) is 5.92 Å². The van der Waals surface area contributed by atoms with Crippen LogP contribution in [0.15, 0.2) is 29.2 Å². The first-order chi connectivity index (χ1) is 9.70. The van der Waals surface area contributed by atoms with Crippen molar-refractivity contribution in [3.05, 3.63) is 24.3 Å². The molecule has 0 spiro atoms. The molecule has 1 amide bonds. The summed E-state index contributed by atoms with van der Waals surface area (Å²) in [5.74, 6) is 0.205. The fourth-order valence-electron chi connectivity index (χ4n) is 1.80. The Hall–Kier alpha value is -1.11. The second kappa shape index (κ2) is 7.77. The van der Waals surface area contributed by atoms with Gasteiger partial charge >= 0.3 is 0 Å². The molecule has 21 heavy (non-hydrogen) atoms. The summed E-state index contributed by atoms with van der Waals surface area (Å²) in [5, 5.41) is 2.34. The first-order valence-corrected chi connectivity index (χ1v) is 8.64. The molecule has 0 aliphatic heterocycles. The Balaban J connectivity index is 2.68. The van der Waals surface area contributed by atoms with Gasteiger partial charge in [-0.3, -0.25) is 4.79 Å². The molecule has 1 rings (SSSR count). The predicted octanol–water partition coefficient (Wildman–Crippen LogP) is 2.58. The lowest BCUT2D eigenvalue weighted by Gasteiger charge is -2.13. The van der Waals surface area contributed by atoms with E-state index in [1.54, 1.807) is 12.1 Å². The number of anilines is 1. The molecule has 1 aromatic rings. The number of hydrogen-bond donors (Lipinski definition) is 2. The summed E-state index contributed by atoms with van der Waals surface area (Å²) in [6, 6.07) is 5.98. The van der Waals surface area contributed by atoms with Crippen LogP contribution in [0.1, 0.15) is 27.2 Å². The number of nitrogens with one attached hydrogen (secondary N) is 2. The van der Waals surface area contributed by atoms with E-state index in [2.05, 4.69) is 10.0 Å². The lowest BCUT2D eigenvalue weighted by molar-refractivity contribution is -0.114. The SMILES string of the molecule is CC(=O)Nc1ccc(S(=O)(=O)NCC(Cl)CC(C)C)cc1. The highest BCUT2D eigenvalue weighted by molar-refractivity contribution is 7.89. The summed E-state index contributed by atoms with van der Waals surface area (Å²) >= 11 is 6.08. The molecule has 0 radical (unpaired) electrons. The van der Waals surface area contributed by atoms with Gasteiger partial charge in [-0.05, 0) is 36.6 Å². The van der Waals surface area contributed by atoms with Crippen molar-refractivity contribution < 1.29 is 13.2 Å². The minimum absolute atomic E-state index is 0.144. The van der Waals surface area contributed by atoms with E-state index in [9.17, 15) is 13.2 Å². The molecule has 7 heteroatoms. The minimum atomic E-state index is -3.58. The first kappa shape index (κ1) is 17.9. The van der Waals surface area contributed by atoms with Crippen LogP contribution < -0.4 is 10.0 Å². The van der Waals surface area contributed by atoms with E-state index in [4.69, 9.17) is 11.6 Å². The average Bonchev–Trinajstić information content (AvgIpc) is 2.36. The summed E-state index contributed by atoms with van der Waals surface area (Å²) in [6.07, 6.45) is 0.742. The zero-order valence-electron chi connectivity index (χ0n) is 12.4. The van der Waals surface area contributed by atoms with Gasteiger partial charge in [0, 0.05) is 24.5 Å². The maximum Gasteiger partial charge on any atom is 0.240 e. The molecule has 0 bridgehead atoms. The van der Waals surface area contributed by atoms with Crippen LogP contribution in [0.2, 0.25) is 0 Å². The van der Waals surface area contributed by atoms with Crippen molar-refractivity contribution in [2.75, 3.05) is 11.9 Å². The molecule has 0 fully saturated rings. The van der Waals surface area contributed by atoms with Gasteiger partial charge in [0.1, 0.15) is 0 Å². The van der Waals surface area contributed by atoms with Gasteiger partial charge in [0.2, 0.25) is 15.9 Å². The van der Waals surface area contributed by atoms with E-state index in [0.717, 1.165) is 6.42 Å². The molecule has 0 heterocycles. The third-order valence-corrected chi connectivity index (χ3v) is 4.48. The molecule has 0 aliphatic carbocycles. The van der Waals surface area contributed by atoms with Crippen LogP contribution in [-0.2, 0) is 14.8 Å². The number of sulfonamides is 1. The summed E-state index contributed by atoms with van der Waals surface area (Å²) in [7, 11) is -3.58. The first-order valence-electron chi connectivity index (χ1n) is 6.72. The van der Waals surface area contributed by atoms with E-state index >= 15 is 0 Å². The van der Waals surface area contributed by atoms with Crippen LogP contribution in [0, 0.1) is 5.92 Å². The smallest absolute Gasteiger partial charge is 0.240 e. The maximum absolute atomic E-state index is 12.1. The van der Waals surface area contributed by atoms with Crippen LogP contribution in [0.25, 0.3) is 0 Å². The van der Waals surface area contributed by atoms with Gasteiger partial charge in [-0.2, -0.15) is 0 Å². The Kier molecular flexibility index (Phi) is 6.64. The van der Waals surface area contributed by atoms with Crippen molar-refractivity contribution in [3.63, 3.8) is 0 Å². The summed E-state index contributed by atoms with van der Waals surface area (Å²) in [5.41, 5.74) is 0.552. The maximum atomic E-state index is 12.1. The fourth-order valence-corrected chi connectivity index (χ4v) is 3.41. The third-order valence-electron chi connectivity index (χ3n) is 2.71. The molecule has 0 saturated carbocycles. The van der Waals surface area contributed by atoms with Crippen molar-refractivity contribution in [1.82, 2.24) is 4.72 Å². The molecule has 1 unspecified atom stereocenters. The average molecular weight is 333 g/mol. The molecular formula is C14H21ClN2O3S. The van der Waals surface area contributed by atoms with Gasteiger partial charge < -0.3 is 5.32 Å². The van der Waals surface area contributed by atoms with Crippen LogP contribution in [0.3, 0.4) is 0 Å². The summed E-state index contributed by atoms with van der Waals surface area (Å²) in [4.78, 5) is 11.0. The van der Waals surface area contributed by atoms with Gasteiger partial charge in [0.25, 0.3) is 0 Å². The number of amides is 1. The Morgan fingerprint density at radius 3 is 2.29 bits per heavy atom. The topological polar surface area (TPSA) is 75.3 Å². The van der Waals surface area contributed by atoms with E-state index in [-0.39, 0.29) is 22.7 Å². The Morgan fingerprint density at radius 2 is 1.81 bits per heavy atom. The Labute approximate surface area is 131 Å². The third kappa shape index (κ3) is 6.46. The van der Waals surface area contributed by atoms with Crippen molar-refractivity contribution in [1.29, 1.82) is 0 Å². The van der Waals surface area contributed by atoms with Gasteiger partial charge in [-0.1, -0.05) is 13.8 Å². The number of benzene rings is 1. The predicted molar refractivity (Wildman–Crippen MR) is 85.0 cm³/mol. The lowest BCUT2D eigenvalue weighted by atomic mass is 10.1. The fraction of sp³-hybridized carbons (Fsp3) is 0.500. The molecule has 0 aliphatic rings. The monoisotopic (exact) mass is 332 g/mol. The largest absolute Gasteiger partial charge is 0.326 e. The molecule has 1 atom stereocenters. The van der Waals surface area contributed by atoms with E-state index in [0.29, 0.717) is 11.6 Å². The van der Waals surface area contributed by atoms with Crippen LogP contribution in [-0.4, -0.2) is 26.2 Å². The molecular weight excluding hydrogens is 312 g/mol. The highest BCUT2D eigenvalue weighted by Crippen LogP contribution is 2.15. The van der Waals surface area contributed by atoms with Gasteiger partial charge in [-0.15, -0.1) is 11.6 Å². The standard InChI is InChI=1S/C14H21ClN2O3S/c1-10(2)8-12(15)9-16-21(19,20)14-6-4-13(5-7-14)17-11(3)18/h4-7,10,12,16H,8-9H2,1-3H3,(H,17,18). The van der Waals surface area contributed by atoms with Crippen LogP contribution >= 0.6 is 11.6 Å². The number of rotatable bonds is 7. The number of carbonyl (C=O) groups excluding carboxylic acids is 1. The number of halogens is 1. The lowest BCUT2D eigenvalue weighted by Crippen LogP contribution is -2.30. The van der Waals surface area contributed by atoms with Crippen LogP contribution in [0.4, 0.5) is 5.69 Å². The normalized spacial score (nSPS) is 13.2. The molecule has 0 aromatic heterocycles. The molecule has 1 aromatic carbocycles. The molecule has 2 N–H and O–H groups in total. The second-order valence-electron chi connectivity index (χ2n) is 5.28. The van der Waals surface area contributed by atoms with Crippen LogP contribution in [0.5, 0.6) is 0 Å². The molecule has 5 nitrogen and oxygen atoms in total. The second-order valence-corrected chi connectivity index (χ2v) is 7.67. The van der Waals surface area contributed by atoms with Gasteiger partial charge in [0.05, 0.1) is 4.90 Å². The Bertz CT molecular complexity index is 570. The van der Waals surface area contributed by atoms with Crippen molar-refractivity contribution in [2.45, 2.75) is 37.5 Å². The van der Waals surface area contributed by atoms with E-state index in [1.807, 2.05) is 13.8 Å². The zero-order valence-corrected chi connectivity index (χ0v) is 14.0. The van der Waals surface area contributed by atoms with E-state index < -0.39 is 10.0 Å². The Morgan fingerprint density at radius 1 is 1.24 bits per heavy atom. The summed E-state index contributed by atoms with van der Waals surface area (Å²) < 4.78 is 26.7. The number of hydrogen-bond acceptors (Lipinski definition) is 3. The summed E-state index contributed by atoms with van der Waals surface area (Å²) in [6.45, 7) is 5.65. The van der Waals surface area contributed by atoms with Crippen molar-refractivity contribution in [3.8, 4) is 0 Å².